The number of rotatable bonds is 4. The van der Waals surface area contributed by atoms with Crippen molar-refractivity contribution in [2.75, 3.05) is 11.6 Å². The van der Waals surface area contributed by atoms with E-state index >= 15 is 0 Å². The van der Waals surface area contributed by atoms with Crippen molar-refractivity contribution < 1.29 is 8.42 Å². The maximum Gasteiger partial charge on any atom is 0.177 e. The average Bonchev–Trinajstić information content (AvgIpc) is 2.16. The van der Waals surface area contributed by atoms with E-state index in [9.17, 15) is 8.42 Å². The molecule has 3 nitrogen and oxygen atoms in total. The minimum Gasteiger partial charge on any atom is -0.381 e. The maximum atomic E-state index is 11.6. The third-order valence-corrected chi connectivity index (χ3v) is 3.82. The molecule has 0 aromatic heterocycles. The summed E-state index contributed by atoms with van der Waals surface area (Å²) in [6.45, 7) is 6.24. The van der Waals surface area contributed by atoms with Crippen LogP contribution >= 0.6 is 0 Å². The van der Waals surface area contributed by atoms with Crippen LogP contribution in [0.25, 0.3) is 0 Å². The minimum absolute atomic E-state index is 0.239. The summed E-state index contributed by atoms with van der Waals surface area (Å²) < 4.78 is 23.1. The first kappa shape index (κ1) is 13.0. The molecule has 0 saturated carbocycles. The van der Waals surface area contributed by atoms with Gasteiger partial charge in [0.2, 0.25) is 0 Å². The Morgan fingerprint density at radius 2 is 1.69 bits per heavy atom. The third-order valence-electron chi connectivity index (χ3n) is 2.67. The summed E-state index contributed by atoms with van der Waals surface area (Å²) in [6, 6.07) is 7.24. The van der Waals surface area contributed by atoms with Gasteiger partial charge in [0.05, 0.1) is 10.6 Å². The summed E-state index contributed by atoms with van der Waals surface area (Å²) in [4.78, 5) is 0.363. The lowest BCUT2D eigenvalue weighted by atomic mass is 10.1. The van der Waals surface area contributed by atoms with Crippen molar-refractivity contribution in [2.24, 2.45) is 5.92 Å². The van der Waals surface area contributed by atoms with Gasteiger partial charge in [0.1, 0.15) is 0 Å². The van der Waals surface area contributed by atoms with Gasteiger partial charge >= 0.3 is 0 Å². The zero-order valence-corrected chi connectivity index (χ0v) is 11.0. The Labute approximate surface area is 97.8 Å². The van der Waals surface area contributed by atoms with Gasteiger partial charge in [-0.2, -0.15) is 0 Å². The van der Waals surface area contributed by atoms with Gasteiger partial charge < -0.3 is 5.32 Å². The molecule has 1 N–H and O–H groups in total. The van der Waals surface area contributed by atoms with Crippen LogP contribution in [0, 0.1) is 5.92 Å². The smallest absolute Gasteiger partial charge is 0.177 e. The quantitative estimate of drug-likeness (QED) is 0.881. The monoisotopic (exact) mass is 241 g/mol. The van der Waals surface area contributed by atoms with Gasteiger partial charge in [0.25, 0.3) is 0 Å². The molecule has 0 saturated heterocycles. The molecule has 16 heavy (non-hydrogen) atoms. The van der Waals surface area contributed by atoms with Crippen LogP contribution in [0.5, 0.6) is 0 Å². The van der Waals surface area contributed by atoms with Crippen LogP contribution in [0.1, 0.15) is 20.8 Å². The SMILES string of the molecule is CC(C)[C@@H](C)Nc1ccccc1S(C)(=O)=O. The molecule has 0 heterocycles. The number of anilines is 1. The molecule has 1 atom stereocenters. The lowest BCUT2D eigenvalue weighted by Crippen LogP contribution is -2.22. The number of benzene rings is 1. The molecular weight excluding hydrogens is 222 g/mol. The van der Waals surface area contributed by atoms with Crippen LogP contribution in [0.2, 0.25) is 0 Å². The van der Waals surface area contributed by atoms with Crippen LogP contribution in [0.3, 0.4) is 0 Å². The van der Waals surface area contributed by atoms with E-state index in [-0.39, 0.29) is 6.04 Å². The van der Waals surface area contributed by atoms with Crippen LogP contribution in [-0.2, 0) is 9.84 Å². The van der Waals surface area contributed by atoms with E-state index in [1.54, 1.807) is 18.2 Å². The normalized spacial score (nSPS) is 13.8. The Bertz CT molecular complexity index is 452. The van der Waals surface area contributed by atoms with Gasteiger partial charge in [-0.3, -0.25) is 0 Å². The summed E-state index contributed by atoms with van der Waals surface area (Å²) in [7, 11) is -3.17. The van der Waals surface area contributed by atoms with E-state index in [1.165, 1.54) is 6.26 Å². The van der Waals surface area contributed by atoms with Crippen LogP contribution in [-0.4, -0.2) is 20.7 Å². The standard InChI is InChI=1S/C12H19NO2S/c1-9(2)10(3)13-11-7-5-6-8-12(11)16(4,14)15/h5-10,13H,1-4H3/t10-/m1/s1. The first-order valence-corrected chi connectivity index (χ1v) is 7.27. The molecule has 1 aromatic rings. The average molecular weight is 241 g/mol. The highest BCUT2D eigenvalue weighted by Gasteiger charge is 2.15. The van der Waals surface area contributed by atoms with Crippen molar-refractivity contribution in [1.82, 2.24) is 0 Å². The molecule has 0 amide bonds. The highest BCUT2D eigenvalue weighted by atomic mass is 32.2. The van der Waals surface area contributed by atoms with Gasteiger partial charge in [-0.15, -0.1) is 0 Å². The molecule has 0 unspecified atom stereocenters. The van der Waals surface area contributed by atoms with Gasteiger partial charge in [-0.1, -0.05) is 26.0 Å². The van der Waals surface area contributed by atoms with E-state index in [2.05, 4.69) is 19.2 Å². The van der Waals surface area contributed by atoms with Crippen LogP contribution in [0.15, 0.2) is 29.2 Å². The Hall–Kier alpha value is -1.03. The molecule has 0 fully saturated rings. The fourth-order valence-electron chi connectivity index (χ4n) is 1.32. The minimum atomic E-state index is -3.17. The first-order valence-electron chi connectivity index (χ1n) is 5.38. The van der Waals surface area contributed by atoms with Gasteiger partial charge in [-0.05, 0) is 25.0 Å². The van der Waals surface area contributed by atoms with Crippen molar-refractivity contribution in [3.63, 3.8) is 0 Å². The Morgan fingerprint density at radius 1 is 1.12 bits per heavy atom. The molecule has 1 rings (SSSR count). The number of sulfone groups is 1. The third kappa shape index (κ3) is 3.23. The lowest BCUT2D eigenvalue weighted by molar-refractivity contribution is 0.558. The van der Waals surface area contributed by atoms with Crippen molar-refractivity contribution in [2.45, 2.75) is 31.7 Å². The van der Waals surface area contributed by atoms with Crippen molar-refractivity contribution in [1.29, 1.82) is 0 Å². The molecule has 0 aliphatic rings. The summed E-state index contributed by atoms with van der Waals surface area (Å²) in [5.41, 5.74) is 0.686. The zero-order chi connectivity index (χ0) is 12.3. The first-order chi connectivity index (χ1) is 7.32. The van der Waals surface area contributed by atoms with Gasteiger partial charge in [-0.25, -0.2) is 8.42 Å². The molecule has 0 aliphatic heterocycles. The highest BCUT2D eigenvalue weighted by molar-refractivity contribution is 7.90. The number of hydrogen-bond acceptors (Lipinski definition) is 3. The zero-order valence-electron chi connectivity index (χ0n) is 10.2. The summed E-state index contributed by atoms with van der Waals surface area (Å²) >= 11 is 0. The summed E-state index contributed by atoms with van der Waals surface area (Å²) in [6.07, 6.45) is 1.23. The summed E-state index contributed by atoms with van der Waals surface area (Å²) in [5.74, 6) is 0.451. The largest absolute Gasteiger partial charge is 0.381 e. The molecule has 0 aliphatic carbocycles. The number of hydrogen-bond donors (Lipinski definition) is 1. The van der Waals surface area contributed by atoms with Crippen LogP contribution < -0.4 is 5.32 Å². The van der Waals surface area contributed by atoms with Crippen molar-refractivity contribution in [3.8, 4) is 0 Å². The maximum absolute atomic E-state index is 11.6. The van der Waals surface area contributed by atoms with E-state index in [4.69, 9.17) is 0 Å². The van der Waals surface area contributed by atoms with Crippen molar-refractivity contribution >= 4 is 15.5 Å². The number of para-hydroxylation sites is 1. The predicted octanol–water partition coefficient (Wildman–Crippen LogP) is 2.55. The fraction of sp³-hybridized carbons (Fsp3) is 0.500. The van der Waals surface area contributed by atoms with E-state index in [0.717, 1.165) is 0 Å². The Kier molecular flexibility index (Phi) is 3.97. The second-order valence-corrected chi connectivity index (χ2v) is 6.43. The van der Waals surface area contributed by atoms with E-state index < -0.39 is 9.84 Å². The van der Waals surface area contributed by atoms with Gasteiger partial charge in [0.15, 0.2) is 9.84 Å². The van der Waals surface area contributed by atoms with Gasteiger partial charge in [0, 0.05) is 12.3 Å². The predicted molar refractivity (Wildman–Crippen MR) is 67.5 cm³/mol. The Morgan fingerprint density at radius 3 is 2.19 bits per heavy atom. The number of nitrogens with one attached hydrogen (secondary N) is 1. The second-order valence-electron chi connectivity index (χ2n) is 4.45. The van der Waals surface area contributed by atoms with Crippen LogP contribution in [0.4, 0.5) is 5.69 Å². The lowest BCUT2D eigenvalue weighted by Gasteiger charge is -2.20. The second kappa shape index (κ2) is 4.87. The molecule has 4 heteroatoms. The molecule has 0 radical (unpaired) electrons. The summed E-state index contributed by atoms with van der Waals surface area (Å²) in [5, 5.41) is 3.24. The molecule has 90 valence electrons. The molecular formula is C12H19NO2S. The highest BCUT2D eigenvalue weighted by Crippen LogP contribution is 2.22. The van der Waals surface area contributed by atoms with E-state index in [0.29, 0.717) is 16.5 Å². The topological polar surface area (TPSA) is 46.2 Å². The molecule has 0 bridgehead atoms. The van der Waals surface area contributed by atoms with Crippen molar-refractivity contribution in [3.05, 3.63) is 24.3 Å². The molecule has 1 aromatic carbocycles. The molecule has 0 spiro atoms. The Balaban J connectivity index is 3.06. The van der Waals surface area contributed by atoms with E-state index in [1.807, 2.05) is 13.0 Å². The fourth-order valence-corrected chi connectivity index (χ4v) is 2.17.